The summed E-state index contributed by atoms with van der Waals surface area (Å²) >= 11 is 0. The van der Waals surface area contributed by atoms with Gasteiger partial charge in [0.2, 0.25) is 5.91 Å². The van der Waals surface area contributed by atoms with Crippen molar-refractivity contribution in [3.8, 4) is 0 Å². The van der Waals surface area contributed by atoms with Crippen molar-refractivity contribution >= 4 is 23.2 Å². The Morgan fingerprint density at radius 3 is 2.68 bits per heavy atom. The first-order chi connectivity index (χ1) is 15.1. The third-order valence-corrected chi connectivity index (χ3v) is 6.23. The lowest BCUT2D eigenvalue weighted by Crippen LogP contribution is -2.46. The fourth-order valence-electron chi connectivity index (χ4n) is 4.25. The summed E-state index contributed by atoms with van der Waals surface area (Å²) in [6.07, 6.45) is 6.29. The van der Waals surface area contributed by atoms with E-state index in [-0.39, 0.29) is 17.7 Å². The molecule has 0 bridgehead atoms. The highest BCUT2D eigenvalue weighted by Crippen LogP contribution is 2.26. The van der Waals surface area contributed by atoms with Crippen LogP contribution in [0.2, 0.25) is 0 Å². The first-order valence-corrected chi connectivity index (χ1v) is 11.0. The molecule has 2 aromatic heterocycles. The molecular weight excluding hydrogens is 392 g/mol. The van der Waals surface area contributed by atoms with Gasteiger partial charge in [0.1, 0.15) is 5.69 Å². The minimum absolute atomic E-state index is 0.0747. The van der Waals surface area contributed by atoms with Crippen LogP contribution in [0.3, 0.4) is 0 Å². The molecule has 0 aliphatic carbocycles. The standard InChI is InChI=1S/C23H30N6O2/c1-3-17-4-6-19-21(27-22(17)30)12-16(13-25-19)15-28-8-10-29(11-9-28)18-5-7-20(26-14-18)23(31)24-2/h5,7,12-14,17H,3-4,6,8-11,15H2,1-2H3,(H,24,31)(H,27,30). The van der Waals surface area contributed by atoms with Crippen LogP contribution in [0, 0.1) is 5.92 Å². The third-order valence-electron chi connectivity index (χ3n) is 6.23. The van der Waals surface area contributed by atoms with Crippen molar-refractivity contribution in [2.24, 2.45) is 5.92 Å². The molecular formula is C23H30N6O2. The van der Waals surface area contributed by atoms with Gasteiger partial charge >= 0.3 is 0 Å². The Bertz CT molecular complexity index is 938. The molecule has 0 aromatic carbocycles. The van der Waals surface area contributed by atoms with Gasteiger partial charge in [-0.1, -0.05) is 6.92 Å². The largest absolute Gasteiger partial charge is 0.368 e. The molecule has 8 nitrogen and oxygen atoms in total. The zero-order valence-electron chi connectivity index (χ0n) is 18.2. The average molecular weight is 423 g/mol. The summed E-state index contributed by atoms with van der Waals surface area (Å²) < 4.78 is 0. The number of rotatable bonds is 5. The summed E-state index contributed by atoms with van der Waals surface area (Å²) in [4.78, 5) is 37.6. The summed E-state index contributed by atoms with van der Waals surface area (Å²) in [5, 5.41) is 5.67. The molecule has 4 rings (SSSR count). The predicted octanol–water partition coefficient (Wildman–Crippen LogP) is 2.07. The first-order valence-electron chi connectivity index (χ1n) is 11.0. The molecule has 4 heterocycles. The van der Waals surface area contributed by atoms with Gasteiger partial charge in [0, 0.05) is 51.9 Å². The molecule has 0 saturated carbocycles. The van der Waals surface area contributed by atoms with Gasteiger partial charge in [0.05, 0.1) is 23.3 Å². The SMILES string of the molecule is CCC1CCc2ncc(CN3CCN(c4ccc(C(=O)NC)nc4)CC3)cc2NC1=O. The molecule has 1 atom stereocenters. The number of aromatic nitrogens is 2. The van der Waals surface area contributed by atoms with Crippen LogP contribution in [-0.2, 0) is 17.8 Å². The van der Waals surface area contributed by atoms with Gasteiger partial charge in [0.15, 0.2) is 0 Å². The minimum Gasteiger partial charge on any atom is -0.368 e. The number of aryl methyl sites for hydroxylation is 1. The summed E-state index contributed by atoms with van der Waals surface area (Å²) in [7, 11) is 1.60. The molecule has 2 aromatic rings. The highest BCUT2D eigenvalue weighted by atomic mass is 16.2. The van der Waals surface area contributed by atoms with E-state index in [0.717, 1.165) is 74.6 Å². The summed E-state index contributed by atoms with van der Waals surface area (Å²) in [6.45, 7) is 6.53. The molecule has 31 heavy (non-hydrogen) atoms. The second-order valence-corrected chi connectivity index (χ2v) is 8.21. The van der Waals surface area contributed by atoms with E-state index in [1.54, 1.807) is 19.3 Å². The molecule has 2 amide bonds. The Kier molecular flexibility index (Phi) is 6.46. The number of hydrogen-bond donors (Lipinski definition) is 2. The molecule has 2 N–H and O–H groups in total. The lowest BCUT2D eigenvalue weighted by Gasteiger charge is -2.36. The minimum atomic E-state index is -0.174. The van der Waals surface area contributed by atoms with E-state index in [0.29, 0.717) is 5.69 Å². The number of nitrogens with one attached hydrogen (secondary N) is 2. The van der Waals surface area contributed by atoms with Gasteiger partial charge < -0.3 is 15.5 Å². The third kappa shape index (κ3) is 4.85. The van der Waals surface area contributed by atoms with Crippen molar-refractivity contribution in [3.05, 3.63) is 47.5 Å². The topological polar surface area (TPSA) is 90.5 Å². The van der Waals surface area contributed by atoms with E-state index in [4.69, 9.17) is 0 Å². The average Bonchev–Trinajstić information content (AvgIpc) is 2.96. The van der Waals surface area contributed by atoms with Crippen molar-refractivity contribution in [2.45, 2.75) is 32.7 Å². The van der Waals surface area contributed by atoms with E-state index < -0.39 is 0 Å². The second kappa shape index (κ2) is 9.43. The van der Waals surface area contributed by atoms with Crippen LogP contribution in [0.1, 0.15) is 41.5 Å². The molecule has 2 aliphatic heterocycles. The van der Waals surface area contributed by atoms with E-state index >= 15 is 0 Å². The van der Waals surface area contributed by atoms with Crippen molar-refractivity contribution < 1.29 is 9.59 Å². The van der Waals surface area contributed by atoms with E-state index in [9.17, 15) is 9.59 Å². The number of nitrogens with zero attached hydrogens (tertiary/aromatic N) is 4. The highest BCUT2D eigenvalue weighted by Gasteiger charge is 2.24. The quantitative estimate of drug-likeness (QED) is 0.767. The van der Waals surface area contributed by atoms with E-state index in [1.807, 2.05) is 12.3 Å². The van der Waals surface area contributed by atoms with Gasteiger partial charge in [-0.2, -0.15) is 0 Å². The number of fused-ring (bicyclic) bond motifs is 1. The van der Waals surface area contributed by atoms with Gasteiger partial charge in [0.25, 0.3) is 5.91 Å². The molecule has 164 valence electrons. The summed E-state index contributed by atoms with van der Waals surface area (Å²) in [5.41, 5.74) is 4.45. The zero-order valence-corrected chi connectivity index (χ0v) is 18.2. The molecule has 8 heteroatoms. The Hall–Kier alpha value is -3.00. The van der Waals surface area contributed by atoms with Crippen molar-refractivity contribution in [3.63, 3.8) is 0 Å². The zero-order chi connectivity index (χ0) is 21.8. The van der Waals surface area contributed by atoms with Crippen molar-refractivity contribution in [2.75, 3.05) is 43.4 Å². The van der Waals surface area contributed by atoms with Crippen LogP contribution in [0.25, 0.3) is 0 Å². The van der Waals surface area contributed by atoms with Crippen LogP contribution in [0.5, 0.6) is 0 Å². The monoisotopic (exact) mass is 422 g/mol. The van der Waals surface area contributed by atoms with Crippen LogP contribution in [0.15, 0.2) is 30.6 Å². The Labute approximate surface area is 183 Å². The first kappa shape index (κ1) is 21.2. The number of carbonyl (C=O) groups excluding carboxylic acids is 2. The van der Waals surface area contributed by atoms with Gasteiger partial charge in [-0.3, -0.25) is 19.5 Å². The predicted molar refractivity (Wildman–Crippen MR) is 120 cm³/mol. The molecule has 0 radical (unpaired) electrons. The normalized spacial score (nSPS) is 19.4. The second-order valence-electron chi connectivity index (χ2n) is 8.21. The molecule has 1 fully saturated rings. The summed E-state index contributed by atoms with van der Waals surface area (Å²) in [5.74, 6) is 0.0163. The lowest BCUT2D eigenvalue weighted by molar-refractivity contribution is -0.120. The van der Waals surface area contributed by atoms with Crippen LogP contribution in [0.4, 0.5) is 11.4 Å². The molecule has 1 saturated heterocycles. The van der Waals surface area contributed by atoms with Gasteiger partial charge in [-0.05, 0) is 43.0 Å². The Morgan fingerprint density at radius 2 is 2.00 bits per heavy atom. The Balaban J connectivity index is 1.34. The maximum atomic E-state index is 12.4. The number of hydrogen-bond acceptors (Lipinski definition) is 6. The van der Waals surface area contributed by atoms with Crippen LogP contribution < -0.4 is 15.5 Å². The van der Waals surface area contributed by atoms with Gasteiger partial charge in [-0.15, -0.1) is 0 Å². The van der Waals surface area contributed by atoms with Crippen molar-refractivity contribution in [1.29, 1.82) is 0 Å². The van der Waals surface area contributed by atoms with E-state index in [2.05, 4.69) is 43.4 Å². The smallest absolute Gasteiger partial charge is 0.269 e. The number of piperazine rings is 1. The van der Waals surface area contributed by atoms with Crippen molar-refractivity contribution in [1.82, 2.24) is 20.2 Å². The molecule has 2 aliphatic rings. The Morgan fingerprint density at radius 1 is 1.19 bits per heavy atom. The fraction of sp³-hybridized carbons (Fsp3) is 0.478. The summed E-state index contributed by atoms with van der Waals surface area (Å²) in [6, 6.07) is 5.81. The van der Waals surface area contributed by atoms with Gasteiger partial charge in [-0.25, -0.2) is 4.98 Å². The van der Waals surface area contributed by atoms with E-state index in [1.165, 1.54) is 0 Å². The molecule has 0 spiro atoms. The lowest BCUT2D eigenvalue weighted by atomic mass is 10.00. The number of amides is 2. The van der Waals surface area contributed by atoms with Crippen LogP contribution in [-0.4, -0.2) is 59.9 Å². The molecule has 1 unspecified atom stereocenters. The van der Waals surface area contributed by atoms with Crippen LogP contribution >= 0.6 is 0 Å². The fourth-order valence-corrected chi connectivity index (χ4v) is 4.25. The maximum Gasteiger partial charge on any atom is 0.269 e. The number of anilines is 2. The number of carbonyl (C=O) groups is 2. The maximum absolute atomic E-state index is 12.4. The highest BCUT2D eigenvalue weighted by molar-refractivity contribution is 5.94. The number of pyridine rings is 2.